The molecule has 116 valence electrons. The maximum absolute atomic E-state index is 14.1. The standard InChI is InChI=1S/C13H15BrF2N2O2S/c1-12(2)11(17)18-13(6-15,7-21(12,19)20)9-5-8(14)3-4-10(9)16/h3-5H,6-7H2,1-2H3,(H2,17,18). The molecule has 1 aliphatic heterocycles. The van der Waals surface area contributed by atoms with Crippen molar-refractivity contribution < 1.29 is 17.2 Å². The summed E-state index contributed by atoms with van der Waals surface area (Å²) in [7, 11) is -3.79. The van der Waals surface area contributed by atoms with Crippen LogP contribution in [0.5, 0.6) is 0 Å². The Morgan fingerprint density at radius 2 is 2.05 bits per heavy atom. The van der Waals surface area contributed by atoms with Gasteiger partial charge in [0.2, 0.25) is 0 Å². The maximum Gasteiger partial charge on any atom is 0.165 e. The van der Waals surface area contributed by atoms with Gasteiger partial charge in [0, 0.05) is 10.0 Å². The zero-order chi connectivity index (χ0) is 16.1. The van der Waals surface area contributed by atoms with Crippen LogP contribution in [0, 0.1) is 5.82 Å². The van der Waals surface area contributed by atoms with Crippen molar-refractivity contribution in [1.82, 2.24) is 0 Å². The average Bonchev–Trinajstić information content (AvgIpc) is 2.38. The number of hydrogen-bond acceptors (Lipinski definition) is 4. The smallest absolute Gasteiger partial charge is 0.165 e. The summed E-state index contributed by atoms with van der Waals surface area (Å²) in [4.78, 5) is 4.03. The molecule has 0 saturated carbocycles. The van der Waals surface area contributed by atoms with Gasteiger partial charge in [-0.25, -0.2) is 17.2 Å². The summed E-state index contributed by atoms with van der Waals surface area (Å²) in [6.07, 6.45) is 0. The molecule has 1 aliphatic rings. The molecule has 0 aliphatic carbocycles. The van der Waals surface area contributed by atoms with Crippen LogP contribution < -0.4 is 5.73 Å². The van der Waals surface area contributed by atoms with Gasteiger partial charge < -0.3 is 5.73 Å². The van der Waals surface area contributed by atoms with E-state index in [9.17, 15) is 17.2 Å². The lowest BCUT2D eigenvalue weighted by Crippen LogP contribution is -2.56. The molecule has 1 aromatic rings. The first kappa shape index (κ1) is 16.4. The summed E-state index contributed by atoms with van der Waals surface area (Å²) in [5.41, 5.74) is 3.77. The van der Waals surface area contributed by atoms with Gasteiger partial charge in [0.05, 0.1) is 5.75 Å². The number of benzene rings is 1. The second kappa shape index (κ2) is 5.01. The summed E-state index contributed by atoms with van der Waals surface area (Å²) in [6.45, 7) is 1.65. The van der Waals surface area contributed by atoms with Crippen LogP contribution in [0.15, 0.2) is 27.7 Å². The molecule has 4 nitrogen and oxygen atoms in total. The molecule has 0 spiro atoms. The molecule has 21 heavy (non-hydrogen) atoms. The summed E-state index contributed by atoms with van der Waals surface area (Å²) in [5.74, 6) is -1.56. The average molecular weight is 381 g/mol. The molecule has 0 amide bonds. The summed E-state index contributed by atoms with van der Waals surface area (Å²) >= 11 is 3.16. The fraction of sp³-hybridized carbons (Fsp3) is 0.462. The van der Waals surface area contributed by atoms with Crippen molar-refractivity contribution in [1.29, 1.82) is 0 Å². The molecular formula is C13H15BrF2N2O2S. The zero-order valence-electron chi connectivity index (χ0n) is 11.5. The fourth-order valence-electron chi connectivity index (χ4n) is 2.18. The molecule has 1 aromatic carbocycles. The predicted molar refractivity (Wildman–Crippen MR) is 81.2 cm³/mol. The SMILES string of the molecule is CC1(C)C(N)=NC(CF)(c2cc(Br)ccc2F)CS1(=O)=O. The van der Waals surface area contributed by atoms with Gasteiger partial charge in [-0.2, -0.15) is 0 Å². The Morgan fingerprint density at radius 1 is 1.43 bits per heavy atom. The number of nitrogens with two attached hydrogens (primary N) is 1. The number of alkyl halides is 1. The maximum atomic E-state index is 14.1. The Kier molecular flexibility index (Phi) is 3.90. The van der Waals surface area contributed by atoms with Gasteiger partial charge in [-0.1, -0.05) is 15.9 Å². The van der Waals surface area contributed by atoms with Crippen LogP contribution in [0.4, 0.5) is 8.78 Å². The van der Waals surface area contributed by atoms with E-state index in [0.717, 1.165) is 6.07 Å². The minimum absolute atomic E-state index is 0.124. The van der Waals surface area contributed by atoms with Gasteiger partial charge in [-0.15, -0.1) is 0 Å². The lowest BCUT2D eigenvalue weighted by Gasteiger charge is -2.38. The second-order valence-corrected chi connectivity index (χ2v) is 9.01. The van der Waals surface area contributed by atoms with Gasteiger partial charge in [0.25, 0.3) is 0 Å². The normalized spacial score (nSPS) is 27.2. The molecule has 1 unspecified atom stereocenters. The van der Waals surface area contributed by atoms with E-state index in [1.165, 1.54) is 26.0 Å². The van der Waals surface area contributed by atoms with E-state index < -0.39 is 38.4 Å². The lowest BCUT2D eigenvalue weighted by molar-refractivity contribution is 0.323. The number of halogens is 3. The minimum Gasteiger partial charge on any atom is -0.386 e. The molecule has 0 aromatic heterocycles. The van der Waals surface area contributed by atoms with Gasteiger partial charge in [0.15, 0.2) is 9.84 Å². The Morgan fingerprint density at radius 3 is 2.57 bits per heavy atom. The third-order valence-electron chi connectivity index (χ3n) is 3.81. The first-order valence-corrected chi connectivity index (χ1v) is 8.60. The number of nitrogens with zero attached hydrogens (tertiary/aromatic N) is 1. The van der Waals surface area contributed by atoms with Gasteiger partial charge in [0.1, 0.15) is 28.6 Å². The van der Waals surface area contributed by atoms with Gasteiger partial charge in [-0.05, 0) is 32.0 Å². The molecule has 0 saturated heterocycles. The highest BCUT2D eigenvalue weighted by Crippen LogP contribution is 2.39. The molecule has 1 heterocycles. The Hall–Kier alpha value is -1.02. The second-order valence-electron chi connectivity index (χ2n) is 5.56. The van der Waals surface area contributed by atoms with Crippen LogP contribution in [0.1, 0.15) is 19.4 Å². The van der Waals surface area contributed by atoms with Crippen molar-refractivity contribution in [3.8, 4) is 0 Å². The number of hydrogen-bond donors (Lipinski definition) is 1. The molecular weight excluding hydrogens is 366 g/mol. The van der Waals surface area contributed by atoms with E-state index in [1.807, 2.05) is 0 Å². The lowest BCUT2D eigenvalue weighted by atomic mass is 9.92. The van der Waals surface area contributed by atoms with Crippen LogP contribution in [0.2, 0.25) is 0 Å². The van der Waals surface area contributed by atoms with E-state index in [4.69, 9.17) is 5.73 Å². The van der Waals surface area contributed by atoms with Crippen LogP contribution in [0.25, 0.3) is 0 Å². The Labute approximate surface area is 130 Å². The largest absolute Gasteiger partial charge is 0.386 e. The van der Waals surface area contributed by atoms with E-state index >= 15 is 0 Å². The molecule has 0 bridgehead atoms. The fourth-order valence-corrected chi connectivity index (χ4v) is 4.20. The number of aliphatic imine (C=N–C) groups is 1. The number of rotatable bonds is 2. The van der Waals surface area contributed by atoms with Crippen LogP contribution in [-0.4, -0.2) is 31.4 Å². The summed E-state index contributed by atoms with van der Waals surface area (Å²) in [5, 5.41) is 0. The van der Waals surface area contributed by atoms with Crippen molar-refractivity contribution >= 4 is 31.6 Å². The van der Waals surface area contributed by atoms with Gasteiger partial charge >= 0.3 is 0 Å². The van der Waals surface area contributed by atoms with E-state index in [0.29, 0.717) is 4.47 Å². The zero-order valence-corrected chi connectivity index (χ0v) is 13.9. The van der Waals surface area contributed by atoms with Crippen molar-refractivity contribution in [3.63, 3.8) is 0 Å². The quantitative estimate of drug-likeness (QED) is 0.855. The van der Waals surface area contributed by atoms with Crippen molar-refractivity contribution in [3.05, 3.63) is 34.1 Å². The van der Waals surface area contributed by atoms with Crippen molar-refractivity contribution in [2.45, 2.75) is 24.1 Å². The third-order valence-corrected chi connectivity index (χ3v) is 6.92. The molecule has 0 fully saturated rings. The Bertz CT molecular complexity index is 719. The first-order valence-electron chi connectivity index (χ1n) is 6.15. The summed E-state index contributed by atoms with van der Waals surface area (Å²) in [6, 6.07) is 3.91. The highest BCUT2D eigenvalue weighted by molar-refractivity contribution is 9.10. The van der Waals surface area contributed by atoms with Gasteiger partial charge in [-0.3, -0.25) is 4.99 Å². The van der Waals surface area contributed by atoms with E-state index in [2.05, 4.69) is 20.9 Å². The highest BCUT2D eigenvalue weighted by Gasteiger charge is 2.51. The monoisotopic (exact) mass is 380 g/mol. The van der Waals surface area contributed by atoms with E-state index in [-0.39, 0.29) is 11.4 Å². The topological polar surface area (TPSA) is 72.5 Å². The summed E-state index contributed by atoms with van der Waals surface area (Å²) < 4.78 is 51.7. The highest BCUT2D eigenvalue weighted by atomic mass is 79.9. The van der Waals surface area contributed by atoms with Crippen molar-refractivity contribution in [2.24, 2.45) is 10.7 Å². The van der Waals surface area contributed by atoms with Crippen molar-refractivity contribution in [2.75, 3.05) is 12.4 Å². The molecule has 2 rings (SSSR count). The van der Waals surface area contributed by atoms with E-state index in [1.54, 1.807) is 0 Å². The Balaban J connectivity index is 2.75. The first-order chi connectivity index (χ1) is 9.56. The molecule has 1 atom stereocenters. The molecule has 2 N–H and O–H groups in total. The number of amidine groups is 1. The van der Waals surface area contributed by atoms with Crippen LogP contribution in [0.3, 0.4) is 0 Å². The molecule has 8 heteroatoms. The molecule has 0 radical (unpaired) electrons. The predicted octanol–water partition coefficient (Wildman–Crippen LogP) is 2.32. The minimum atomic E-state index is -3.79. The number of sulfone groups is 1. The van der Waals surface area contributed by atoms with Crippen LogP contribution in [-0.2, 0) is 15.4 Å². The van der Waals surface area contributed by atoms with Crippen LogP contribution >= 0.6 is 15.9 Å². The third kappa shape index (κ3) is 2.48.